The summed E-state index contributed by atoms with van der Waals surface area (Å²) in [4.78, 5) is 5.21. The van der Waals surface area contributed by atoms with Crippen LogP contribution in [0.2, 0.25) is 5.02 Å². The number of ether oxygens (including phenoxy) is 1. The van der Waals surface area contributed by atoms with Gasteiger partial charge in [-0.15, -0.1) is 0 Å². The minimum absolute atomic E-state index is 0.430. The molecule has 0 bridgehead atoms. The monoisotopic (exact) mass is 378 g/mol. The van der Waals surface area contributed by atoms with Crippen LogP contribution in [0, 0.1) is 0 Å². The number of benzene rings is 2. The van der Waals surface area contributed by atoms with Gasteiger partial charge in [0.15, 0.2) is 0 Å². The summed E-state index contributed by atoms with van der Waals surface area (Å²) in [6.45, 7) is 0. The topological polar surface area (TPSA) is 27.1 Å². The first-order valence-corrected chi connectivity index (χ1v) is 9.13. The van der Waals surface area contributed by atoms with Crippen LogP contribution in [0.25, 0.3) is 0 Å². The summed E-state index contributed by atoms with van der Waals surface area (Å²) in [6.07, 6.45) is 5.65. The fraction of sp³-hybridized carbons (Fsp3) is 0.167. The maximum Gasteiger partial charge on any atom is 0.228 e. The van der Waals surface area contributed by atoms with Crippen molar-refractivity contribution in [2.75, 3.05) is 5.94 Å². The van der Waals surface area contributed by atoms with E-state index < -0.39 is 5.18 Å². The Balaban J connectivity index is 1.72. The summed E-state index contributed by atoms with van der Waals surface area (Å²) in [5.41, 5.74) is 1.04. The van der Waals surface area contributed by atoms with Crippen LogP contribution in [0.3, 0.4) is 0 Å². The molecule has 1 heterocycles. The van der Waals surface area contributed by atoms with E-state index in [9.17, 15) is 0 Å². The zero-order valence-electron chi connectivity index (χ0n) is 12.8. The van der Waals surface area contributed by atoms with Gasteiger partial charge in [-0.05, 0) is 29.8 Å². The van der Waals surface area contributed by atoms with Crippen LogP contribution in [0.5, 0.6) is 0 Å². The zero-order chi connectivity index (χ0) is 16.8. The van der Waals surface area contributed by atoms with E-state index >= 15 is 0 Å². The van der Waals surface area contributed by atoms with Crippen LogP contribution in [-0.4, -0.2) is 15.5 Å². The molecule has 2 aromatic carbocycles. The first kappa shape index (κ1) is 17.4. The number of rotatable bonds is 7. The van der Waals surface area contributed by atoms with E-state index in [0.717, 1.165) is 10.5 Å². The standard InChI is InChI=1S/C18H16Cl2N2OS/c19-16-8-6-15(7-9-16)12-18(20,22-11-10-21-13-22)23-14-24-17-4-2-1-3-5-17/h1-11,13H,12,14H2. The Morgan fingerprint density at radius 2 is 1.83 bits per heavy atom. The molecule has 0 fully saturated rings. The molecule has 0 saturated heterocycles. The van der Waals surface area contributed by atoms with Gasteiger partial charge in [-0.3, -0.25) is 4.57 Å². The SMILES string of the molecule is Clc1ccc(CC(Cl)(OCSc2ccccc2)n2ccnc2)cc1. The number of hydrogen-bond donors (Lipinski definition) is 0. The first-order chi connectivity index (χ1) is 11.7. The highest BCUT2D eigenvalue weighted by atomic mass is 35.5. The van der Waals surface area contributed by atoms with Crippen molar-refractivity contribution in [3.05, 3.63) is 83.9 Å². The lowest BCUT2D eigenvalue weighted by molar-refractivity contribution is -0.00993. The largest absolute Gasteiger partial charge is 0.330 e. The van der Waals surface area contributed by atoms with Crippen molar-refractivity contribution in [2.24, 2.45) is 0 Å². The number of imidazole rings is 1. The first-order valence-electron chi connectivity index (χ1n) is 7.39. The van der Waals surface area contributed by atoms with Crippen LogP contribution in [0.15, 0.2) is 78.2 Å². The molecule has 0 aliphatic heterocycles. The summed E-state index contributed by atoms with van der Waals surface area (Å²) >= 11 is 14.3. The molecular weight excluding hydrogens is 363 g/mol. The van der Waals surface area contributed by atoms with Gasteiger partial charge in [-0.25, -0.2) is 4.98 Å². The van der Waals surface area contributed by atoms with Gasteiger partial charge in [0.05, 0.1) is 6.33 Å². The van der Waals surface area contributed by atoms with Crippen molar-refractivity contribution in [1.29, 1.82) is 0 Å². The highest BCUT2D eigenvalue weighted by molar-refractivity contribution is 7.99. The number of nitrogens with zero attached hydrogens (tertiary/aromatic N) is 2. The minimum atomic E-state index is -1.04. The Morgan fingerprint density at radius 1 is 1.08 bits per heavy atom. The van der Waals surface area contributed by atoms with E-state index in [4.69, 9.17) is 27.9 Å². The molecule has 6 heteroatoms. The van der Waals surface area contributed by atoms with E-state index in [1.54, 1.807) is 35.0 Å². The van der Waals surface area contributed by atoms with Crippen molar-refractivity contribution in [1.82, 2.24) is 9.55 Å². The van der Waals surface area contributed by atoms with Gasteiger partial charge in [0.25, 0.3) is 0 Å². The molecule has 124 valence electrons. The Kier molecular flexibility index (Phi) is 5.85. The van der Waals surface area contributed by atoms with Gasteiger partial charge in [0, 0.05) is 28.7 Å². The molecule has 0 spiro atoms. The predicted molar refractivity (Wildman–Crippen MR) is 99.5 cm³/mol. The molecule has 1 aromatic heterocycles. The maximum atomic E-state index is 6.80. The molecule has 0 saturated carbocycles. The zero-order valence-corrected chi connectivity index (χ0v) is 15.1. The van der Waals surface area contributed by atoms with Gasteiger partial charge >= 0.3 is 0 Å². The highest BCUT2D eigenvalue weighted by Crippen LogP contribution is 2.31. The molecule has 0 aliphatic rings. The van der Waals surface area contributed by atoms with Gasteiger partial charge < -0.3 is 4.74 Å². The summed E-state index contributed by atoms with van der Waals surface area (Å²) in [5.74, 6) is 0.430. The maximum absolute atomic E-state index is 6.80. The number of halogens is 2. The second-order valence-corrected chi connectivity index (χ2v) is 7.20. The van der Waals surface area contributed by atoms with Crippen LogP contribution in [0.4, 0.5) is 0 Å². The molecule has 1 unspecified atom stereocenters. The molecule has 0 radical (unpaired) electrons. The van der Waals surface area contributed by atoms with Crippen molar-refractivity contribution in [3.63, 3.8) is 0 Å². The normalized spacial score (nSPS) is 13.6. The molecule has 0 aliphatic carbocycles. The van der Waals surface area contributed by atoms with Crippen molar-refractivity contribution in [2.45, 2.75) is 16.5 Å². The average molecular weight is 379 g/mol. The number of hydrogen-bond acceptors (Lipinski definition) is 3. The third kappa shape index (κ3) is 4.54. The summed E-state index contributed by atoms with van der Waals surface area (Å²) < 4.78 is 7.80. The smallest absolute Gasteiger partial charge is 0.228 e. The van der Waals surface area contributed by atoms with Crippen molar-refractivity contribution < 1.29 is 4.74 Å². The summed E-state index contributed by atoms with van der Waals surface area (Å²) in [7, 11) is 0. The van der Waals surface area contributed by atoms with E-state index in [0.29, 0.717) is 17.4 Å². The van der Waals surface area contributed by atoms with Crippen molar-refractivity contribution >= 4 is 35.0 Å². The Bertz CT molecular complexity index is 750. The quantitative estimate of drug-likeness (QED) is 0.313. The van der Waals surface area contributed by atoms with Gasteiger partial charge in [-0.1, -0.05) is 65.3 Å². The van der Waals surface area contributed by atoms with Gasteiger partial charge in [0.2, 0.25) is 5.18 Å². The average Bonchev–Trinajstić information content (AvgIpc) is 3.13. The van der Waals surface area contributed by atoms with Gasteiger partial charge in [-0.2, -0.15) is 0 Å². The van der Waals surface area contributed by atoms with E-state index in [1.165, 1.54) is 0 Å². The Labute approximate surface area is 155 Å². The number of thioether (sulfide) groups is 1. The Hall–Kier alpha value is -1.46. The summed E-state index contributed by atoms with van der Waals surface area (Å²) in [5, 5.41) is -0.339. The second kappa shape index (κ2) is 8.08. The molecule has 3 rings (SSSR count). The lowest BCUT2D eigenvalue weighted by atomic mass is 10.1. The molecule has 1 atom stereocenters. The van der Waals surface area contributed by atoms with Gasteiger partial charge in [0.1, 0.15) is 5.94 Å². The lowest BCUT2D eigenvalue weighted by Crippen LogP contribution is -2.32. The number of alkyl halides is 1. The molecule has 3 aromatic rings. The number of aromatic nitrogens is 2. The van der Waals surface area contributed by atoms with Crippen LogP contribution >= 0.6 is 35.0 Å². The molecule has 3 nitrogen and oxygen atoms in total. The summed E-state index contributed by atoms with van der Waals surface area (Å²) in [6, 6.07) is 17.7. The fourth-order valence-electron chi connectivity index (χ4n) is 2.23. The molecule has 0 N–H and O–H groups in total. The lowest BCUT2D eigenvalue weighted by Gasteiger charge is -2.28. The molecule has 24 heavy (non-hydrogen) atoms. The predicted octanol–water partition coefficient (Wildman–Crippen LogP) is 5.39. The van der Waals surface area contributed by atoms with Crippen LogP contribution in [0.1, 0.15) is 5.56 Å². The highest BCUT2D eigenvalue weighted by Gasteiger charge is 2.30. The second-order valence-electron chi connectivity index (χ2n) is 5.18. The third-order valence-corrected chi connectivity index (χ3v) is 5.01. The minimum Gasteiger partial charge on any atom is -0.330 e. The molecular formula is C18H16Cl2N2OS. The van der Waals surface area contributed by atoms with Crippen molar-refractivity contribution in [3.8, 4) is 0 Å². The van der Waals surface area contributed by atoms with E-state index in [-0.39, 0.29) is 0 Å². The van der Waals surface area contributed by atoms with Crippen LogP contribution < -0.4 is 0 Å². The van der Waals surface area contributed by atoms with E-state index in [1.807, 2.05) is 54.6 Å². The van der Waals surface area contributed by atoms with E-state index in [2.05, 4.69) is 4.98 Å². The molecule has 0 amide bonds. The Morgan fingerprint density at radius 3 is 2.50 bits per heavy atom. The fourth-order valence-corrected chi connectivity index (χ4v) is 3.47. The third-order valence-electron chi connectivity index (χ3n) is 3.47. The van der Waals surface area contributed by atoms with Crippen LogP contribution in [-0.2, 0) is 16.3 Å².